The van der Waals surface area contributed by atoms with Gasteiger partial charge in [0.1, 0.15) is 5.69 Å². The van der Waals surface area contributed by atoms with Gasteiger partial charge < -0.3 is 15.0 Å². The Bertz CT molecular complexity index is 498. The highest BCUT2D eigenvalue weighted by molar-refractivity contribution is 6.00. The van der Waals surface area contributed by atoms with E-state index in [1.807, 2.05) is 4.90 Å². The first-order chi connectivity index (χ1) is 9.93. The van der Waals surface area contributed by atoms with E-state index < -0.39 is 5.97 Å². The summed E-state index contributed by atoms with van der Waals surface area (Å²) in [7, 11) is 0. The maximum absolute atomic E-state index is 12.7. The highest BCUT2D eigenvalue weighted by atomic mass is 16.4. The molecular weight excluding hydrogens is 268 g/mol. The molecule has 0 aromatic carbocycles. The first-order valence-corrected chi connectivity index (χ1v) is 7.65. The van der Waals surface area contributed by atoms with Crippen molar-refractivity contribution >= 4 is 11.9 Å². The SMILES string of the molecule is CCCCN(CCCC)C(=O)c1c(C)[nH]c(C(=O)O)c1C. The lowest BCUT2D eigenvalue weighted by atomic mass is 10.1. The quantitative estimate of drug-likeness (QED) is 0.772. The molecule has 0 fully saturated rings. The zero-order valence-electron chi connectivity index (χ0n) is 13.5. The van der Waals surface area contributed by atoms with Gasteiger partial charge in [0, 0.05) is 18.8 Å². The zero-order chi connectivity index (χ0) is 16.0. The van der Waals surface area contributed by atoms with Gasteiger partial charge in [-0.05, 0) is 32.3 Å². The Balaban J connectivity index is 3.05. The number of aromatic nitrogens is 1. The van der Waals surface area contributed by atoms with Gasteiger partial charge in [-0.15, -0.1) is 0 Å². The number of rotatable bonds is 8. The molecule has 0 bridgehead atoms. The second-order valence-electron chi connectivity index (χ2n) is 5.43. The van der Waals surface area contributed by atoms with E-state index in [2.05, 4.69) is 18.8 Å². The van der Waals surface area contributed by atoms with Crippen LogP contribution in [0.15, 0.2) is 0 Å². The maximum atomic E-state index is 12.7. The summed E-state index contributed by atoms with van der Waals surface area (Å²) in [5.41, 5.74) is 1.79. The third kappa shape index (κ3) is 4.09. The van der Waals surface area contributed by atoms with Crippen molar-refractivity contribution < 1.29 is 14.7 Å². The standard InChI is InChI=1S/C16H26N2O3/c1-5-7-9-18(10-8-6-2)15(19)13-11(3)14(16(20)21)17-12(13)4/h17H,5-10H2,1-4H3,(H,20,21). The number of nitrogens with zero attached hydrogens (tertiary/aromatic N) is 1. The Morgan fingerprint density at radius 2 is 1.62 bits per heavy atom. The van der Waals surface area contributed by atoms with Crippen LogP contribution in [-0.4, -0.2) is 40.0 Å². The molecule has 0 saturated carbocycles. The number of H-pyrrole nitrogens is 1. The van der Waals surface area contributed by atoms with Crippen LogP contribution in [0.4, 0.5) is 0 Å². The van der Waals surface area contributed by atoms with E-state index in [1.165, 1.54) is 0 Å². The minimum Gasteiger partial charge on any atom is -0.477 e. The first kappa shape index (κ1) is 17.3. The normalized spacial score (nSPS) is 10.7. The molecule has 2 N–H and O–H groups in total. The van der Waals surface area contributed by atoms with Crippen LogP contribution >= 0.6 is 0 Å². The third-order valence-corrected chi connectivity index (χ3v) is 3.72. The predicted octanol–water partition coefficient (Wildman–Crippen LogP) is 3.37. The average Bonchev–Trinajstić information content (AvgIpc) is 2.73. The Labute approximate surface area is 126 Å². The lowest BCUT2D eigenvalue weighted by Crippen LogP contribution is -2.33. The molecule has 1 aromatic rings. The van der Waals surface area contributed by atoms with Gasteiger partial charge in [-0.25, -0.2) is 4.79 Å². The number of amides is 1. The molecule has 21 heavy (non-hydrogen) atoms. The molecule has 0 atom stereocenters. The molecule has 0 unspecified atom stereocenters. The van der Waals surface area contributed by atoms with Crippen LogP contribution in [0.3, 0.4) is 0 Å². The number of unbranched alkanes of at least 4 members (excludes halogenated alkanes) is 2. The van der Waals surface area contributed by atoms with Crippen molar-refractivity contribution in [3.63, 3.8) is 0 Å². The fourth-order valence-electron chi connectivity index (χ4n) is 2.46. The van der Waals surface area contributed by atoms with Gasteiger partial charge in [-0.2, -0.15) is 0 Å². The van der Waals surface area contributed by atoms with Gasteiger partial charge in [0.2, 0.25) is 0 Å². The van der Waals surface area contributed by atoms with Crippen LogP contribution < -0.4 is 0 Å². The van der Waals surface area contributed by atoms with E-state index in [0.717, 1.165) is 38.8 Å². The highest BCUT2D eigenvalue weighted by Gasteiger charge is 2.24. The van der Waals surface area contributed by atoms with Crippen LogP contribution in [0.25, 0.3) is 0 Å². The lowest BCUT2D eigenvalue weighted by Gasteiger charge is -2.23. The summed E-state index contributed by atoms with van der Waals surface area (Å²) < 4.78 is 0. The van der Waals surface area contributed by atoms with Crippen molar-refractivity contribution in [2.45, 2.75) is 53.4 Å². The Hall–Kier alpha value is -1.78. The molecule has 0 aliphatic heterocycles. The zero-order valence-corrected chi connectivity index (χ0v) is 13.5. The van der Waals surface area contributed by atoms with E-state index in [4.69, 9.17) is 5.11 Å². The summed E-state index contributed by atoms with van der Waals surface area (Å²) >= 11 is 0. The van der Waals surface area contributed by atoms with Gasteiger partial charge in [0.05, 0.1) is 5.56 Å². The summed E-state index contributed by atoms with van der Waals surface area (Å²) in [6.45, 7) is 9.09. The van der Waals surface area contributed by atoms with E-state index in [1.54, 1.807) is 13.8 Å². The average molecular weight is 294 g/mol. The predicted molar refractivity (Wildman–Crippen MR) is 82.9 cm³/mol. The molecule has 1 heterocycles. The molecule has 1 aromatic heterocycles. The van der Waals surface area contributed by atoms with Crippen molar-refractivity contribution in [1.82, 2.24) is 9.88 Å². The summed E-state index contributed by atoms with van der Waals surface area (Å²) in [6, 6.07) is 0. The number of aromatic amines is 1. The number of aryl methyl sites for hydroxylation is 1. The van der Waals surface area contributed by atoms with Crippen molar-refractivity contribution in [2.75, 3.05) is 13.1 Å². The van der Waals surface area contributed by atoms with Crippen molar-refractivity contribution in [3.05, 3.63) is 22.5 Å². The molecule has 0 spiro atoms. The fraction of sp³-hybridized carbons (Fsp3) is 0.625. The molecular formula is C16H26N2O3. The van der Waals surface area contributed by atoms with Gasteiger partial charge >= 0.3 is 5.97 Å². The summed E-state index contributed by atoms with van der Waals surface area (Å²) in [4.78, 5) is 28.6. The van der Waals surface area contributed by atoms with Crippen LogP contribution in [0.1, 0.15) is 71.6 Å². The van der Waals surface area contributed by atoms with Crippen molar-refractivity contribution in [3.8, 4) is 0 Å². The molecule has 1 amide bonds. The second kappa shape index (κ2) is 7.86. The monoisotopic (exact) mass is 294 g/mol. The largest absolute Gasteiger partial charge is 0.477 e. The molecule has 5 heteroatoms. The summed E-state index contributed by atoms with van der Waals surface area (Å²) in [5.74, 6) is -1.08. The molecule has 0 radical (unpaired) electrons. The minimum atomic E-state index is -1.02. The molecule has 1 rings (SSSR count). The van der Waals surface area contributed by atoms with Gasteiger partial charge in [-0.3, -0.25) is 4.79 Å². The molecule has 0 aliphatic rings. The van der Waals surface area contributed by atoms with Crippen LogP contribution in [-0.2, 0) is 0 Å². The minimum absolute atomic E-state index is 0.0596. The molecule has 0 aliphatic carbocycles. The maximum Gasteiger partial charge on any atom is 0.352 e. The molecule has 118 valence electrons. The highest BCUT2D eigenvalue weighted by Crippen LogP contribution is 2.20. The van der Waals surface area contributed by atoms with E-state index in [0.29, 0.717) is 16.8 Å². The Morgan fingerprint density at radius 1 is 1.10 bits per heavy atom. The Kier molecular flexibility index (Phi) is 6.46. The molecule has 5 nitrogen and oxygen atoms in total. The Morgan fingerprint density at radius 3 is 2.00 bits per heavy atom. The van der Waals surface area contributed by atoms with Crippen LogP contribution in [0.2, 0.25) is 0 Å². The summed E-state index contributed by atoms with van der Waals surface area (Å²) in [6.07, 6.45) is 3.98. The number of carbonyl (C=O) groups excluding carboxylic acids is 1. The third-order valence-electron chi connectivity index (χ3n) is 3.72. The van der Waals surface area contributed by atoms with Gasteiger partial charge in [-0.1, -0.05) is 26.7 Å². The van der Waals surface area contributed by atoms with Crippen molar-refractivity contribution in [2.24, 2.45) is 0 Å². The number of aromatic carboxylic acids is 1. The first-order valence-electron chi connectivity index (χ1n) is 7.65. The van der Waals surface area contributed by atoms with Crippen LogP contribution in [0.5, 0.6) is 0 Å². The number of carboxylic acid groups (broad SMARTS) is 1. The van der Waals surface area contributed by atoms with E-state index >= 15 is 0 Å². The number of nitrogens with one attached hydrogen (secondary N) is 1. The van der Waals surface area contributed by atoms with Gasteiger partial charge in [0.25, 0.3) is 5.91 Å². The number of hydrogen-bond acceptors (Lipinski definition) is 2. The van der Waals surface area contributed by atoms with Crippen LogP contribution in [0, 0.1) is 13.8 Å². The molecule has 0 saturated heterocycles. The number of carbonyl (C=O) groups is 2. The van der Waals surface area contributed by atoms with E-state index in [-0.39, 0.29) is 11.6 Å². The van der Waals surface area contributed by atoms with E-state index in [9.17, 15) is 9.59 Å². The smallest absolute Gasteiger partial charge is 0.352 e. The number of hydrogen-bond donors (Lipinski definition) is 2. The summed E-state index contributed by atoms with van der Waals surface area (Å²) in [5, 5.41) is 9.15. The number of carboxylic acids is 1. The second-order valence-corrected chi connectivity index (χ2v) is 5.43. The topological polar surface area (TPSA) is 73.4 Å². The lowest BCUT2D eigenvalue weighted by molar-refractivity contribution is 0.0690. The van der Waals surface area contributed by atoms with Gasteiger partial charge in [0.15, 0.2) is 0 Å². The fourth-order valence-corrected chi connectivity index (χ4v) is 2.46. The van der Waals surface area contributed by atoms with Crippen molar-refractivity contribution in [1.29, 1.82) is 0 Å².